The number of fused-ring (bicyclic) bond motifs is 5. The Morgan fingerprint density at radius 1 is 1.25 bits per heavy atom. The van der Waals surface area contributed by atoms with E-state index in [2.05, 4.69) is 37.7 Å². The second kappa shape index (κ2) is 2.58. The predicted octanol–water partition coefficient (Wildman–Crippen LogP) is 2.54. The molecule has 3 heteroatoms. The minimum Gasteiger partial charge on any atom is -0.368 e. The van der Waals surface area contributed by atoms with Crippen LogP contribution >= 0.6 is 0 Å². The zero-order valence-corrected chi connectivity index (χ0v) is 10.5. The average Bonchev–Trinajstić information content (AvgIpc) is 2.48. The molecule has 1 aromatic heterocycles. The van der Waals surface area contributed by atoms with Crippen LogP contribution in [0.3, 0.4) is 0 Å². The summed E-state index contributed by atoms with van der Waals surface area (Å²) in [6.07, 6.45) is 2.50. The van der Waals surface area contributed by atoms with Gasteiger partial charge in [-0.1, -0.05) is 20.8 Å². The third-order valence-corrected chi connectivity index (χ3v) is 5.25. The van der Waals surface area contributed by atoms with Crippen LogP contribution in [0.5, 0.6) is 0 Å². The monoisotopic (exact) mass is 217 g/mol. The summed E-state index contributed by atoms with van der Waals surface area (Å²) in [7, 11) is 0. The number of rotatable bonds is 0. The van der Waals surface area contributed by atoms with E-state index in [9.17, 15) is 0 Å². The highest BCUT2D eigenvalue weighted by Crippen LogP contribution is 2.67. The maximum atomic E-state index is 5.79. The maximum Gasteiger partial charge on any atom is 0.220 e. The Bertz CT molecular complexity index is 478. The molecule has 1 saturated carbocycles. The third-order valence-electron chi connectivity index (χ3n) is 5.25. The summed E-state index contributed by atoms with van der Waals surface area (Å²) in [6, 6.07) is 0. The van der Waals surface area contributed by atoms with E-state index in [1.807, 2.05) is 0 Å². The Morgan fingerprint density at radius 3 is 2.62 bits per heavy atom. The maximum absolute atomic E-state index is 5.79. The number of nitrogen functional groups attached to an aromatic ring is 1. The molecule has 2 aliphatic rings. The first-order valence-electron chi connectivity index (χ1n) is 6.02. The van der Waals surface area contributed by atoms with E-state index in [4.69, 9.17) is 5.73 Å². The molecule has 2 aliphatic carbocycles. The second-order valence-electron chi connectivity index (χ2n) is 6.07. The van der Waals surface area contributed by atoms with Crippen LogP contribution in [0.1, 0.15) is 56.5 Å². The average molecular weight is 217 g/mol. The number of hydrogen-bond donors (Lipinski definition) is 1. The smallest absolute Gasteiger partial charge is 0.220 e. The molecule has 0 saturated heterocycles. The molecule has 86 valence electrons. The summed E-state index contributed by atoms with van der Waals surface area (Å²) in [5, 5.41) is 0. The Labute approximate surface area is 96.5 Å². The number of anilines is 1. The molecule has 0 amide bonds. The number of hydrogen-bond acceptors (Lipinski definition) is 3. The Balaban J connectivity index is 2.34. The van der Waals surface area contributed by atoms with Gasteiger partial charge in [-0.05, 0) is 36.7 Å². The zero-order chi connectivity index (χ0) is 11.7. The van der Waals surface area contributed by atoms with Gasteiger partial charge in [0.25, 0.3) is 0 Å². The highest BCUT2D eigenvalue weighted by Gasteiger charge is 2.61. The highest BCUT2D eigenvalue weighted by atomic mass is 15.0. The van der Waals surface area contributed by atoms with E-state index in [-0.39, 0.29) is 5.41 Å². The quantitative estimate of drug-likeness (QED) is 0.726. The van der Waals surface area contributed by atoms with Gasteiger partial charge in [-0.3, -0.25) is 0 Å². The molecule has 2 bridgehead atoms. The molecule has 2 N–H and O–H groups in total. The van der Waals surface area contributed by atoms with Crippen molar-refractivity contribution in [1.82, 2.24) is 9.97 Å². The molecule has 16 heavy (non-hydrogen) atoms. The molecular weight excluding hydrogens is 198 g/mol. The van der Waals surface area contributed by atoms with Crippen LogP contribution in [0, 0.1) is 12.3 Å². The van der Waals surface area contributed by atoms with Crippen molar-refractivity contribution < 1.29 is 0 Å². The molecule has 0 aliphatic heterocycles. The first-order chi connectivity index (χ1) is 7.38. The topological polar surface area (TPSA) is 51.8 Å². The summed E-state index contributed by atoms with van der Waals surface area (Å²) in [5.74, 6) is 1.05. The fraction of sp³-hybridized carbons (Fsp3) is 0.692. The molecule has 0 radical (unpaired) electrons. The van der Waals surface area contributed by atoms with E-state index in [1.54, 1.807) is 0 Å². The predicted molar refractivity (Wildman–Crippen MR) is 64.3 cm³/mol. The molecule has 3 nitrogen and oxygen atoms in total. The molecule has 2 atom stereocenters. The van der Waals surface area contributed by atoms with Crippen molar-refractivity contribution in [2.45, 2.75) is 51.9 Å². The Kier molecular flexibility index (Phi) is 1.62. The van der Waals surface area contributed by atoms with Crippen LogP contribution in [-0.2, 0) is 5.41 Å². The molecule has 0 aromatic carbocycles. The SMILES string of the molecule is Cc1nc(N)nc2c1[C@H]1CC[C@]2(C)C1(C)C. The first kappa shape index (κ1) is 10.1. The van der Waals surface area contributed by atoms with Crippen molar-refractivity contribution in [1.29, 1.82) is 0 Å². The van der Waals surface area contributed by atoms with E-state index in [0.717, 1.165) is 5.69 Å². The van der Waals surface area contributed by atoms with Crippen molar-refractivity contribution in [3.05, 3.63) is 17.0 Å². The molecule has 3 rings (SSSR count). The fourth-order valence-corrected chi connectivity index (χ4v) is 3.87. The van der Waals surface area contributed by atoms with Crippen LogP contribution in [0.2, 0.25) is 0 Å². The lowest BCUT2D eigenvalue weighted by molar-refractivity contribution is 0.227. The summed E-state index contributed by atoms with van der Waals surface area (Å²) < 4.78 is 0. The van der Waals surface area contributed by atoms with Gasteiger partial charge in [-0.2, -0.15) is 0 Å². The normalized spacial score (nSPS) is 34.1. The van der Waals surface area contributed by atoms with Crippen molar-refractivity contribution in [3.63, 3.8) is 0 Å². The van der Waals surface area contributed by atoms with Gasteiger partial charge in [0, 0.05) is 11.1 Å². The molecule has 1 aromatic rings. The van der Waals surface area contributed by atoms with E-state index >= 15 is 0 Å². The van der Waals surface area contributed by atoms with Gasteiger partial charge < -0.3 is 5.73 Å². The van der Waals surface area contributed by atoms with Gasteiger partial charge in [-0.15, -0.1) is 0 Å². The van der Waals surface area contributed by atoms with Gasteiger partial charge in [-0.25, -0.2) is 9.97 Å². The number of nitrogens with two attached hydrogens (primary N) is 1. The summed E-state index contributed by atoms with van der Waals surface area (Å²) in [5.41, 5.74) is 9.96. The zero-order valence-electron chi connectivity index (χ0n) is 10.5. The summed E-state index contributed by atoms with van der Waals surface area (Å²) in [4.78, 5) is 8.86. The van der Waals surface area contributed by atoms with E-state index in [0.29, 0.717) is 17.3 Å². The number of nitrogens with zero attached hydrogens (tertiary/aromatic N) is 2. The Morgan fingerprint density at radius 2 is 1.94 bits per heavy atom. The first-order valence-corrected chi connectivity index (χ1v) is 6.02. The van der Waals surface area contributed by atoms with Gasteiger partial charge in [0.2, 0.25) is 5.95 Å². The highest BCUT2D eigenvalue weighted by molar-refractivity contribution is 5.49. The lowest BCUT2D eigenvalue weighted by Gasteiger charge is -2.34. The minimum absolute atomic E-state index is 0.189. The second-order valence-corrected chi connectivity index (χ2v) is 6.07. The van der Waals surface area contributed by atoms with E-state index in [1.165, 1.54) is 24.1 Å². The van der Waals surface area contributed by atoms with Crippen LogP contribution in [0.25, 0.3) is 0 Å². The largest absolute Gasteiger partial charge is 0.368 e. The molecule has 0 unspecified atom stereocenters. The minimum atomic E-state index is 0.189. The molecule has 1 heterocycles. The fourth-order valence-electron chi connectivity index (χ4n) is 3.87. The Hall–Kier alpha value is -1.12. The summed E-state index contributed by atoms with van der Waals surface area (Å²) in [6.45, 7) is 9.13. The van der Waals surface area contributed by atoms with Crippen LogP contribution in [0.4, 0.5) is 5.95 Å². The molecule has 0 spiro atoms. The van der Waals surface area contributed by atoms with Crippen molar-refractivity contribution in [3.8, 4) is 0 Å². The van der Waals surface area contributed by atoms with E-state index < -0.39 is 0 Å². The van der Waals surface area contributed by atoms with Gasteiger partial charge in [0.15, 0.2) is 0 Å². The van der Waals surface area contributed by atoms with Crippen molar-refractivity contribution in [2.24, 2.45) is 5.41 Å². The van der Waals surface area contributed by atoms with Gasteiger partial charge in [0.1, 0.15) is 0 Å². The molecule has 1 fully saturated rings. The van der Waals surface area contributed by atoms with Crippen LogP contribution < -0.4 is 5.73 Å². The van der Waals surface area contributed by atoms with Crippen molar-refractivity contribution in [2.75, 3.05) is 5.73 Å². The lowest BCUT2D eigenvalue weighted by Crippen LogP contribution is -2.32. The number of aromatic nitrogens is 2. The molecular formula is C13H19N3. The lowest BCUT2D eigenvalue weighted by atomic mass is 9.70. The van der Waals surface area contributed by atoms with Gasteiger partial charge in [0.05, 0.1) is 5.69 Å². The summed E-state index contributed by atoms with van der Waals surface area (Å²) >= 11 is 0. The number of aryl methyl sites for hydroxylation is 1. The van der Waals surface area contributed by atoms with Crippen molar-refractivity contribution >= 4 is 5.95 Å². The third kappa shape index (κ3) is 0.864. The van der Waals surface area contributed by atoms with Crippen LogP contribution in [-0.4, -0.2) is 9.97 Å². The standard InChI is InChI=1S/C13H19N3/c1-7-9-8-5-6-13(4,12(8,2)3)10(9)16-11(14)15-7/h8H,5-6H2,1-4H3,(H2,14,15,16)/t8-,13+/m1/s1. The van der Waals surface area contributed by atoms with Gasteiger partial charge >= 0.3 is 0 Å². The van der Waals surface area contributed by atoms with Crippen LogP contribution in [0.15, 0.2) is 0 Å².